The number of halogens is 1. The van der Waals surface area contributed by atoms with Gasteiger partial charge in [0.25, 0.3) is 5.91 Å². The van der Waals surface area contributed by atoms with Crippen LogP contribution >= 0.6 is 11.6 Å². The van der Waals surface area contributed by atoms with Crippen molar-refractivity contribution >= 4 is 23.2 Å². The minimum absolute atomic E-state index is 0.226. The maximum atomic E-state index is 12.3. The molecule has 0 spiro atoms. The van der Waals surface area contributed by atoms with Crippen molar-refractivity contribution in [1.29, 1.82) is 0 Å². The SMILES string of the molecule is CC[C@@H](Oc1ccccc1Cl)C(=O)Nc1cccc(OC)c1. The van der Waals surface area contributed by atoms with Crippen LogP contribution in [0.15, 0.2) is 48.5 Å². The Bertz CT molecular complexity index is 645. The van der Waals surface area contributed by atoms with Gasteiger partial charge in [-0.25, -0.2) is 0 Å². The molecule has 0 aromatic heterocycles. The topological polar surface area (TPSA) is 47.6 Å². The Labute approximate surface area is 135 Å². The van der Waals surface area contributed by atoms with Crippen LogP contribution in [0.4, 0.5) is 5.69 Å². The van der Waals surface area contributed by atoms with Crippen molar-refractivity contribution in [2.24, 2.45) is 0 Å². The van der Waals surface area contributed by atoms with Crippen LogP contribution in [0.3, 0.4) is 0 Å². The number of carbonyl (C=O) groups is 1. The van der Waals surface area contributed by atoms with Crippen LogP contribution in [0.1, 0.15) is 13.3 Å². The first kappa shape index (κ1) is 16.2. The third-order valence-corrected chi connectivity index (χ3v) is 3.42. The summed E-state index contributed by atoms with van der Waals surface area (Å²) in [6, 6.07) is 14.3. The molecule has 0 aliphatic heterocycles. The summed E-state index contributed by atoms with van der Waals surface area (Å²) in [4.78, 5) is 12.3. The highest BCUT2D eigenvalue weighted by Crippen LogP contribution is 2.25. The van der Waals surface area contributed by atoms with E-state index in [0.29, 0.717) is 28.6 Å². The normalized spacial score (nSPS) is 11.6. The molecule has 0 aliphatic carbocycles. The smallest absolute Gasteiger partial charge is 0.265 e. The van der Waals surface area contributed by atoms with E-state index < -0.39 is 6.10 Å². The average molecular weight is 320 g/mol. The second-order valence-electron chi connectivity index (χ2n) is 4.67. The van der Waals surface area contributed by atoms with Gasteiger partial charge in [0.2, 0.25) is 0 Å². The maximum absolute atomic E-state index is 12.3. The highest BCUT2D eigenvalue weighted by atomic mass is 35.5. The zero-order chi connectivity index (χ0) is 15.9. The molecule has 22 heavy (non-hydrogen) atoms. The van der Waals surface area contributed by atoms with Crippen LogP contribution in [0, 0.1) is 0 Å². The molecular weight excluding hydrogens is 302 g/mol. The first-order valence-corrected chi connectivity index (χ1v) is 7.38. The summed E-state index contributed by atoms with van der Waals surface area (Å²) >= 11 is 6.06. The first-order valence-electron chi connectivity index (χ1n) is 7.00. The number of hydrogen-bond donors (Lipinski definition) is 1. The van der Waals surface area contributed by atoms with Gasteiger partial charge < -0.3 is 14.8 Å². The largest absolute Gasteiger partial charge is 0.497 e. The number of benzene rings is 2. The summed E-state index contributed by atoms with van der Waals surface area (Å²) < 4.78 is 10.8. The molecule has 2 aromatic rings. The van der Waals surface area contributed by atoms with E-state index in [9.17, 15) is 4.79 Å². The molecule has 116 valence electrons. The predicted octanol–water partition coefficient (Wildman–Crippen LogP) is 4.14. The number of hydrogen-bond acceptors (Lipinski definition) is 3. The molecule has 5 heteroatoms. The molecule has 0 saturated heterocycles. The Balaban J connectivity index is 2.07. The van der Waals surface area contributed by atoms with Crippen molar-refractivity contribution in [1.82, 2.24) is 0 Å². The third kappa shape index (κ3) is 4.15. The molecule has 0 heterocycles. The zero-order valence-electron chi connectivity index (χ0n) is 12.5. The molecule has 0 bridgehead atoms. The summed E-state index contributed by atoms with van der Waals surface area (Å²) in [6.45, 7) is 1.88. The molecule has 0 radical (unpaired) electrons. The molecule has 1 N–H and O–H groups in total. The molecule has 0 fully saturated rings. The van der Waals surface area contributed by atoms with E-state index in [1.54, 1.807) is 31.4 Å². The number of rotatable bonds is 6. The summed E-state index contributed by atoms with van der Waals surface area (Å²) in [5.41, 5.74) is 0.658. The Morgan fingerprint density at radius 1 is 1.23 bits per heavy atom. The highest BCUT2D eigenvalue weighted by molar-refractivity contribution is 6.32. The predicted molar refractivity (Wildman–Crippen MR) is 87.8 cm³/mol. The number of anilines is 1. The molecule has 2 aromatic carbocycles. The number of ether oxygens (including phenoxy) is 2. The Kier molecular flexibility index (Phi) is 5.67. The van der Waals surface area contributed by atoms with Gasteiger partial charge in [0.05, 0.1) is 12.1 Å². The van der Waals surface area contributed by atoms with Crippen molar-refractivity contribution in [2.75, 3.05) is 12.4 Å². The molecule has 0 aliphatic rings. The van der Waals surface area contributed by atoms with E-state index in [4.69, 9.17) is 21.1 Å². The van der Waals surface area contributed by atoms with E-state index >= 15 is 0 Å². The van der Waals surface area contributed by atoms with Gasteiger partial charge in [-0.15, -0.1) is 0 Å². The molecule has 0 unspecified atom stereocenters. The van der Waals surface area contributed by atoms with Gasteiger partial charge in [0.1, 0.15) is 11.5 Å². The monoisotopic (exact) mass is 319 g/mol. The Hall–Kier alpha value is -2.20. The minimum atomic E-state index is -0.619. The summed E-state index contributed by atoms with van der Waals surface area (Å²) in [7, 11) is 1.58. The first-order chi connectivity index (χ1) is 10.6. The molecule has 2 rings (SSSR count). The number of nitrogens with one attached hydrogen (secondary N) is 1. The molecule has 0 saturated carbocycles. The number of amides is 1. The summed E-state index contributed by atoms with van der Waals surface area (Å²) in [5.74, 6) is 0.949. The molecule has 1 amide bonds. The second kappa shape index (κ2) is 7.71. The lowest BCUT2D eigenvalue weighted by Gasteiger charge is -2.18. The van der Waals surface area contributed by atoms with Crippen molar-refractivity contribution in [3.05, 3.63) is 53.6 Å². The van der Waals surface area contributed by atoms with Crippen molar-refractivity contribution in [2.45, 2.75) is 19.4 Å². The van der Waals surface area contributed by atoms with Gasteiger partial charge in [-0.05, 0) is 30.7 Å². The summed E-state index contributed by atoms with van der Waals surface area (Å²) in [6.07, 6.45) is -0.0906. The lowest BCUT2D eigenvalue weighted by Crippen LogP contribution is -2.32. The van der Waals surface area contributed by atoms with E-state index in [0.717, 1.165) is 0 Å². The number of methoxy groups -OCH3 is 1. The fourth-order valence-electron chi connectivity index (χ4n) is 1.94. The van der Waals surface area contributed by atoms with Crippen molar-refractivity contribution < 1.29 is 14.3 Å². The fourth-order valence-corrected chi connectivity index (χ4v) is 2.12. The van der Waals surface area contributed by atoms with Crippen LogP contribution in [0.2, 0.25) is 5.02 Å². The summed E-state index contributed by atoms with van der Waals surface area (Å²) in [5, 5.41) is 3.30. The van der Waals surface area contributed by atoms with Crippen LogP contribution in [-0.4, -0.2) is 19.1 Å². The Morgan fingerprint density at radius 2 is 2.00 bits per heavy atom. The van der Waals surface area contributed by atoms with Gasteiger partial charge in [-0.1, -0.05) is 36.7 Å². The van der Waals surface area contributed by atoms with Crippen LogP contribution in [-0.2, 0) is 4.79 Å². The maximum Gasteiger partial charge on any atom is 0.265 e. The van der Waals surface area contributed by atoms with Gasteiger partial charge in [-0.3, -0.25) is 4.79 Å². The number of para-hydroxylation sites is 1. The standard InChI is InChI=1S/C17H18ClNO3/c1-3-15(22-16-10-5-4-9-14(16)18)17(20)19-12-7-6-8-13(11-12)21-2/h4-11,15H,3H2,1-2H3,(H,19,20)/t15-/m1/s1. The second-order valence-corrected chi connectivity index (χ2v) is 5.07. The fraction of sp³-hybridized carbons (Fsp3) is 0.235. The quantitative estimate of drug-likeness (QED) is 0.870. The molecule has 4 nitrogen and oxygen atoms in total. The van der Waals surface area contributed by atoms with Gasteiger partial charge in [0.15, 0.2) is 6.10 Å². The van der Waals surface area contributed by atoms with Crippen molar-refractivity contribution in [3.63, 3.8) is 0 Å². The van der Waals surface area contributed by atoms with E-state index in [2.05, 4.69) is 5.32 Å². The van der Waals surface area contributed by atoms with E-state index in [-0.39, 0.29) is 5.91 Å². The van der Waals surface area contributed by atoms with Crippen molar-refractivity contribution in [3.8, 4) is 11.5 Å². The number of carbonyl (C=O) groups excluding carboxylic acids is 1. The lowest BCUT2D eigenvalue weighted by atomic mass is 10.2. The molecular formula is C17H18ClNO3. The highest BCUT2D eigenvalue weighted by Gasteiger charge is 2.19. The van der Waals surface area contributed by atoms with E-state index in [1.807, 2.05) is 31.2 Å². The zero-order valence-corrected chi connectivity index (χ0v) is 13.3. The molecule has 1 atom stereocenters. The van der Waals surface area contributed by atoms with Crippen LogP contribution in [0.25, 0.3) is 0 Å². The third-order valence-electron chi connectivity index (χ3n) is 3.11. The average Bonchev–Trinajstić information content (AvgIpc) is 2.54. The van der Waals surface area contributed by atoms with Crippen LogP contribution in [0.5, 0.6) is 11.5 Å². The Morgan fingerprint density at radius 3 is 2.68 bits per heavy atom. The van der Waals surface area contributed by atoms with Gasteiger partial charge >= 0.3 is 0 Å². The lowest BCUT2D eigenvalue weighted by molar-refractivity contribution is -0.122. The minimum Gasteiger partial charge on any atom is -0.497 e. The van der Waals surface area contributed by atoms with Gasteiger partial charge in [-0.2, -0.15) is 0 Å². The van der Waals surface area contributed by atoms with Crippen LogP contribution < -0.4 is 14.8 Å². The van der Waals surface area contributed by atoms with E-state index in [1.165, 1.54) is 0 Å². The van der Waals surface area contributed by atoms with Gasteiger partial charge in [0, 0.05) is 11.8 Å².